The van der Waals surface area contributed by atoms with Crippen LogP contribution >= 0.6 is 0 Å². The standard InChI is InChI=1S/C13H12F2N2O2S/c1-17(9-10-3-2-6-16-8-10)20(18,19)11-4-5-12(14)13(15)7-11/h2-8H,9H2,1H3. The SMILES string of the molecule is CN(Cc1cccnc1)S(=O)(=O)c1ccc(F)c(F)c1. The molecular weight excluding hydrogens is 286 g/mol. The van der Waals surface area contributed by atoms with Crippen molar-refractivity contribution in [1.29, 1.82) is 0 Å². The van der Waals surface area contributed by atoms with Crippen molar-refractivity contribution in [1.82, 2.24) is 9.29 Å². The molecule has 0 saturated heterocycles. The van der Waals surface area contributed by atoms with Crippen LogP contribution in [0.25, 0.3) is 0 Å². The summed E-state index contributed by atoms with van der Waals surface area (Å²) < 4.78 is 51.5. The highest BCUT2D eigenvalue weighted by Crippen LogP contribution is 2.18. The van der Waals surface area contributed by atoms with Gasteiger partial charge in [-0.25, -0.2) is 17.2 Å². The van der Waals surface area contributed by atoms with E-state index < -0.39 is 21.7 Å². The summed E-state index contributed by atoms with van der Waals surface area (Å²) in [7, 11) is -2.51. The Bertz CT molecular complexity index is 706. The highest BCUT2D eigenvalue weighted by Gasteiger charge is 2.22. The smallest absolute Gasteiger partial charge is 0.243 e. The lowest BCUT2D eigenvalue weighted by Gasteiger charge is -2.17. The van der Waals surface area contributed by atoms with Crippen LogP contribution in [0.1, 0.15) is 5.56 Å². The molecular formula is C13H12F2N2O2S. The normalized spacial score (nSPS) is 11.8. The van der Waals surface area contributed by atoms with Gasteiger partial charge < -0.3 is 0 Å². The zero-order valence-corrected chi connectivity index (χ0v) is 11.4. The highest BCUT2D eigenvalue weighted by atomic mass is 32.2. The van der Waals surface area contributed by atoms with Gasteiger partial charge in [-0.1, -0.05) is 6.07 Å². The van der Waals surface area contributed by atoms with Crippen LogP contribution in [0.5, 0.6) is 0 Å². The molecule has 20 heavy (non-hydrogen) atoms. The van der Waals surface area contributed by atoms with Crippen molar-refractivity contribution in [3.05, 3.63) is 59.9 Å². The van der Waals surface area contributed by atoms with Gasteiger partial charge >= 0.3 is 0 Å². The average Bonchev–Trinajstić information content (AvgIpc) is 2.42. The number of halogens is 2. The van der Waals surface area contributed by atoms with Crippen molar-refractivity contribution in [2.45, 2.75) is 11.4 Å². The maximum absolute atomic E-state index is 13.1. The number of nitrogens with zero attached hydrogens (tertiary/aromatic N) is 2. The van der Waals surface area contributed by atoms with Crippen LogP contribution in [0.15, 0.2) is 47.6 Å². The Balaban J connectivity index is 2.27. The summed E-state index contributed by atoms with van der Waals surface area (Å²) >= 11 is 0. The molecule has 0 aliphatic heterocycles. The summed E-state index contributed by atoms with van der Waals surface area (Å²) in [5, 5.41) is 0. The van der Waals surface area contributed by atoms with Crippen molar-refractivity contribution in [2.75, 3.05) is 7.05 Å². The molecule has 1 aromatic carbocycles. The Morgan fingerprint density at radius 2 is 1.95 bits per heavy atom. The molecule has 0 aliphatic carbocycles. The second kappa shape index (κ2) is 5.64. The van der Waals surface area contributed by atoms with Gasteiger partial charge in [0.1, 0.15) is 0 Å². The Morgan fingerprint density at radius 1 is 1.20 bits per heavy atom. The summed E-state index contributed by atoms with van der Waals surface area (Å²) in [6, 6.07) is 5.91. The summed E-state index contributed by atoms with van der Waals surface area (Å²) in [6.45, 7) is 0.0924. The number of benzene rings is 1. The van der Waals surface area contributed by atoms with E-state index in [0.717, 1.165) is 16.4 Å². The van der Waals surface area contributed by atoms with Gasteiger partial charge in [0.05, 0.1) is 4.90 Å². The molecule has 2 aromatic rings. The number of rotatable bonds is 4. The molecule has 0 aliphatic rings. The largest absolute Gasteiger partial charge is 0.264 e. The Kier molecular flexibility index (Phi) is 4.10. The third-order valence-electron chi connectivity index (χ3n) is 2.73. The van der Waals surface area contributed by atoms with Crippen molar-refractivity contribution in [3.8, 4) is 0 Å². The minimum atomic E-state index is -3.88. The fraction of sp³-hybridized carbons (Fsp3) is 0.154. The summed E-state index contributed by atoms with van der Waals surface area (Å²) in [4.78, 5) is 3.60. The van der Waals surface area contributed by atoms with Crippen LogP contribution in [-0.4, -0.2) is 24.8 Å². The van der Waals surface area contributed by atoms with Crippen LogP contribution in [0, 0.1) is 11.6 Å². The zero-order chi connectivity index (χ0) is 14.8. The minimum absolute atomic E-state index is 0.0924. The molecule has 0 radical (unpaired) electrons. The second-order valence-electron chi connectivity index (χ2n) is 4.20. The molecule has 7 heteroatoms. The molecule has 0 bridgehead atoms. The Hall–Kier alpha value is -1.86. The second-order valence-corrected chi connectivity index (χ2v) is 6.24. The fourth-order valence-corrected chi connectivity index (χ4v) is 2.82. The number of sulfonamides is 1. The maximum Gasteiger partial charge on any atom is 0.243 e. The Labute approximate surface area is 115 Å². The van der Waals surface area contributed by atoms with Crippen LogP contribution < -0.4 is 0 Å². The summed E-state index contributed by atoms with van der Waals surface area (Å²) in [5.41, 5.74) is 0.696. The first-order valence-electron chi connectivity index (χ1n) is 5.71. The molecule has 0 fully saturated rings. The number of pyridine rings is 1. The monoisotopic (exact) mass is 298 g/mol. The lowest BCUT2D eigenvalue weighted by atomic mass is 10.3. The van der Waals surface area contributed by atoms with Gasteiger partial charge in [-0.05, 0) is 29.8 Å². The predicted octanol–water partition coefficient (Wildman–Crippen LogP) is 2.18. The van der Waals surface area contributed by atoms with Gasteiger partial charge in [-0.15, -0.1) is 0 Å². The van der Waals surface area contributed by atoms with E-state index in [0.29, 0.717) is 11.6 Å². The average molecular weight is 298 g/mol. The Morgan fingerprint density at radius 3 is 2.55 bits per heavy atom. The number of aromatic nitrogens is 1. The van der Waals surface area contributed by atoms with Crippen LogP contribution in [-0.2, 0) is 16.6 Å². The van der Waals surface area contributed by atoms with Gasteiger partial charge in [0.2, 0.25) is 10.0 Å². The van der Waals surface area contributed by atoms with Gasteiger partial charge in [0.25, 0.3) is 0 Å². The highest BCUT2D eigenvalue weighted by molar-refractivity contribution is 7.89. The van der Waals surface area contributed by atoms with Crippen LogP contribution in [0.3, 0.4) is 0 Å². The van der Waals surface area contributed by atoms with E-state index >= 15 is 0 Å². The molecule has 2 rings (SSSR count). The molecule has 0 N–H and O–H groups in total. The van der Waals surface area contributed by atoms with Gasteiger partial charge in [-0.3, -0.25) is 4.98 Å². The van der Waals surface area contributed by atoms with Crippen molar-refractivity contribution < 1.29 is 17.2 Å². The fourth-order valence-electron chi connectivity index (χ4n) is 1.65. The first-order chi connectivity index (χ1) is 9.41. The lowest BCUT2D eigenvalue weighted by molar-refractivity contribution is 0.463. The van der Waals surface area contributed by atoms with E-state index in [9.17, 15) is 17.2 Å². The zero-order valence-electron chi connectivity index (χ0n) is 10.6. The van der Waals surface area contributed by atoms with Crippen molar-refractivity contribution >= 4 is 10.0 Å². The molecule has 0 amide bonds. The topological polar surface area (TPSA) is 50.3 Å². The molecule has 1 aromatic heterocycles. The van der Waals surface area contributed by atoms with Gasteiger partial charge in [0.15, 0.2) is 11.6 Å². The third kappa shape index (κ3) is 3.00. The van der Waals surface area contributed by atoms with E-state index in [1.165, 1.54) is 13.2 Å². The lowest BCUT2D eigenvalue weighted by Crippen LogP contribution is -2.26. The molecule has 1 heterocycles. The summed E-state index contributed by atoms with van der Waals surface area (Å²) in [5.74, 6) is -2.28. The molecule has 0 saturated carbocycles. The van der Waals surface area contributed by atoms with E-state index in [1.54, 1.807) is 18.3 Å². The van der Waals surface area contributed by atoms with E-state index in [2.05, 4.69) is 4.98 Å². The molecule has 0 unspecified atom stereocenters. The number of hydrogen-bond acceptors (Lipinski definition) is 3. The van der Waals surface area contributed by atoms with E-state index in [-0.39, 0.29) is 11.4 Å². The van der Waals surface area contributed by atoms with E-state index in [1.807, 2.05) is 0 Å². The van der Waals surface area contributed by atoms with Crippen molar-refractivity contribution in [3.63, 3.8) is 0 Å². The predicted molar refractivity (Wildman–Crippen MR) is 69.2 cm³/mol. The van der Waals surface area contributed by atoms with Crippen LogP contribution in [0.2, 0.25) is 0 Å². The minimum Gasteiger partial charge on any atom is -0.264 e. The van der Waals surface area contributed by atoms with Gasteiger partial charge in [-0.2, -0.15) is 4.31 Å². The third-order valence-corrected chi connectivity index (χ3v) is 4.53. The van der Waals surface area contributed by atoms with Crippen molar-refractivity contribution in [2.24, 2.45) is 0 Å². The first-order valence-corrected chi connectivity index (χ1v) is 7.15. The molecule has 0 atom stereocenters. The molecule has 0 spiro atoms. The number of hydrogen-bond donors (Lipinski definition) is 0. The van der Waals surface area contributed by atoms with E-state index in [4.69, 9.17) is 0 Å². The summed E-state index contributed by atoms with van der Waals surface area (Å²) in [6.07, 6.45) is 3.12. The van der Waals surface area contributed by atoms with Crippen LogP contribution in [0.4, 0.5) is 8.78 Å². The maximum atomic E-state index is 13.1. The quantitative estimate of drug-likeness (QED) is 0.869. The molecule has 4 nitrogen and oxygen atoms in total. The molecule has 106 valence electrons. The van der Waals surface area contributed by atoms with Gasteiger partial charge in [0, 0.05) is 26.0 Å². The first kappa shape index (κ1) is 14.5.